The summed E-state index contributed by atoms with van der Waals surface area (Å²) in [5.74, 6) is 1.35. The van der Waals surface area contributed by atoms with Crippen LogP contribution in [0.5, 0.6) is 0 Å². The quantitative estimate of drug-likeness (QED) is 0.553. The molecule has 5 N–H and O–H groups in total. The Balaban J connectivity index is 0.000000362. The third-order valence-electron chi connectivity index (χ3n) is 3.47. The Kier molecular flexibility index (Phi) is 7.21. The molecule has 0 fully saturated rings. The number of anilines is 1. The highest BCUT2D eigenvalue weighted by Gasteiger charge is 2.31. The second-order valence-electron chi connectivity index (χ2n) is 6.25. The summed E-state index contributed by atoms with van der Waals surface area (Å²) in [6.45, 7) is 3.18. The summed E-state index contributed by atoms with van der Waals surface area (Å²) in [7, 11) is 0. The molecule has 5 nitrogen and oxygen atoms in total. The summed E-state index contributed by atoms with van der Waals surface area (Å²) in [5.41, 5.74) is 8.88. The number of nitrogens with two attached hydrogens (primary N) is 2. The third-order valence-corrected chi connectivity index (χ3v) is 3.47. The Labute approximate surface area is 160 Å². The van der Waals surface area contributed by atoms with Crippen LogP contribution in [0.15, 0.2) is 48.5 Å². The van der Waals surface area contributed by atoms with Gasteiger partial charge in [-0.25, -0.2) is 0 Å². The average Bonchev–Trinajstić information content (AvgIpc) is 2.61. The minimum absolute atomic E-state index is 0.0451. The molecule has 0 aromatic heterocycles. The number of hydrogen-bond donors (Lipinski definition) is 3. The lowest BCUT2D eigenvalue weighted by molar-refractivity contribution is -0.137. The van der Waals surface area contributed by atoms with Gasteiger partial charge in [0.05, 0.1) is 16.7 Å². The van der Waals surface area contributed by atoms with Gasteiger partial charge in [0.25, 0.3) is 5.91 Å². The molecular weight excluding hydrogens is 371 g/mol. The van der Waals surface area contributed by atoms with Crippen LogP contribution < -0.4 is 16.8 Å². The highest BCUT2D eigenvalue weighted by molar-refractivity contribution is 5.99. The van der Waals surface area contributed by atoms with Crippen LogP contribution in [-0.2, 0) is 6.18 Å². The third kappa shape index (κ3) is 6.68. The highest BCUT2D eigenvalue weighted by atomic mass is 19.4. The Morgan fingerprint density at radius 3 is 2.04 bits per heavy atom. The Morgan fingerprint density at radius 2 is 1.64 bits per heavy atom. The predicted octanol–water partition coefficient (Wildman–Crippen LogP) is 3.21. The van der Waals surface area contributed by atoms with E-state index in [9.17, 15) is 22.8 Å². The first-order valence-corrected chi connectivity index (χ1v) is 7.99. The smallest absolute Gasteiger partial charge is 0.398 e. The van der Waals surface area contributed by atoms with E-state index in [1.807, 2.05) is 6.07 Å². The van der Waals surface area contributed by atoms with Gasteiger partial charge in [0.15, 0.2) is 0 Å². The van der Waals surface area contributed by atoms with Crippen molar-refractivity contribution in [3.8, 4) is 12.3 Å². The van der Waals surface area contributed by atoms with Gasteiger partial charge in [-0.05, 0) is 44.2 Å². The van der Waals surface area contributed by atoms with E-state index in [-0.39, 0.29) is 17.2 Å². The van der Waals surface area contributed by atoms with Crippen molar-refractivity contribution < 1.29 is 22.8 Å². The number of carbonyl (C=O) groups excluding carboxylic acids is 2. The number of primary amides is 1. The summed E-state index contributed by atoms with van der Waals surface area (Å²) in [5, 5.41) is 2.48. The van der Waals surface area contributed by atoms with Crippen LogP contribution in [0.1, 0.15) is 40.1 Å². The first-order valence-electron chi connectivity index (χ1n) is 7.99. The van der Waals surface area contributed by atoms with Crippen LogP contribution in [0.3, 0.4) is 0 Å². The fourth-order valence-corrected chi connectivity index (χ4v) is 1.94. The summed E-state index contributed by atoms with van der Waals surface area (Å²) < 4.78 is 37.3. The second-order valence-corrected chi connectivity index (χ2v) is 6.25. The fourth-order valence-electron chi connectivity index (χ4n) is 1.94. The molecule has 0 aliphatic heterocycles. The van der Waals surface area contributed by atoms with E-state index in [0.29, 0.717) is 5.56 Å². The molecule has 2 amide bonds. The van der Waals surface area contributed by atoms with Gasteiger partial charge in [0, 0.05) is 11.3 Å². The molecule has 28 heavy (non-hydrogen) atoms. The molecule has 2 aromatic carbocycles. The number of rotatable bonds is 3. The van der Waals surface area contributed by atoms with E-state index in [1.54, 1.807) is 38.1 Å². The first-order chi connectivity index (χ1) is 12.9. The van der Waals surface area contributed by atoms with Crippen molar-refractivity contribution in [2.45, 2.75) is 25.6 Å². The largest absolute Gasteiger partial charge is 0.416 e. The zero-order chi connectivity index (χ0) is 21.5. The van der Waals surface area contributed by atoms with Crippen LogP contribution in [0.4, 0.5) is 18.9 Å². The molecule has 0 atom stereocenters. The molecule has 0 saturated carbocycles. The summed E-state index contributed by atoms with van der Waals surface area (Å²) in [4.78, 5) is 22.3. The van der Waals surface area contributed by atoms with Crippen molar-refractivity contribution in [2.24, 2.45) is 5.73 Å². The molecule has 8 heteroatoms. The number of nitrogen functional groups attached to an aromatic ring is 1. The van der Waals surface area contributed by atoms with Gasteiger partial charge >= 0.3 is 6.18 Å². The van der Waals surface area contributed by atoms with E-state index in [1.165, 1.54) is 0 Å². The maximum Gasteiger partial charge on any atom is 0.416 e. The predicted molar refractivity (Wildman–Crippen MR) is 101 cm³/mol. The first kappa shape index (κ1) is 22.6. The number of carbonyl (C=O) groups is 2. The van der Waals surface area contributed by atoms with Gasteiger partial charge in [-0.3, -0.25) is 9.59 Å². The average molecular weight is 391 g/mol. The molecule has 2 aromatic rings. The minimum Gasteiger partial charge on any atom is -0.398 e. The lowest BCUT2D eigenvalue weighted by Crippen LogP contribution is -2.42. The van der Waals surface area contributed by atoms with Gasteiger partial charge in [-0.1, -0.05) is 24.1 Å². The van der Waals surface area contributed by atoms with Crippen molar-refractivity contribution in [3.63, 3.8) is 0 Å². The number of hydrogen-bond acceptors (Lipinski definition) is 3. The van der Waals surface area contributed by atoms with Crippen molar-refractivity contribution in [1.29, 1.82) is 0 Å². The van der Waals surface area contributed by atoms with Gasteiger partial charge in [-0.2, -0.15) is 13.2 Å². The molecule has 0 aliphatic carbocycles. The summed E-state index contributed by atoms with van der Waals surface area (Å²) in [6.07, 6.45) is 0.708. The number of nitrogens with one attached hydrogen (secondary N) is 1. The molecule has 0 unspecified atom stereocenters. The maximum atomic E-state index is 12.4. The van der Waals surface area contributed by atoms with Crippen LogP contribution in [-0.4, -0.2) is 17.4 Å². The van der Waals surface area contributed by atoms with Gasteiger partial charge in [0.1, 0.15) is 0 Å². The molecule has 0 spiro atoms. The van der Waals surface area contributed by atoms with E-state index in [4.69, 9.17) is 17.9 Å². The number of halogens is 3. The Hall–Kier alpha value is -3.47. The minimum atomic E-state index is -4.50. The summed E-state index contributed by atoms with van der Waals surface area (Å²) in [6, 6.07) is 11.3. The maximum absolute atomic E-state index is 12.4. The fraction of sp³-hybridized carbons (Fsp3) is 0.200. The second kappa shape index (κ2) is 8.95. The van der Waals surface area contributed by atoms with Gasteiger partial charge < -0.3 is 16.8 Å². The zero-order valence-corrected chi connectivity index (χ0v) is 15.3. The van der Waals surface area contributed by atoms with E-state index >= 15 is 0 Å². The number of benzene rings is 2. The Bertz CT molecular complexity index is 886. The van der Waals surface area contributed by atoms with E-state index in [0.717, 1.165) is 18.2 Å². The highest BCUT2D eigenvalue weighted by Crippen LogP contribution is 2.31. The lowest BCUT2D eigenvalue weighted by Gasteiger charge is -2.20. The van der Waals surface area contributed by atoms with E-state index in [2.05, 4.69) is 11.2 Å². The van der Waals surface area contributed by atoms with Crippen molar-refractivity contribution >= 4 is 17.5 Å². The van der Waals surface area contributed by atoms with Crippen LogP contribution >= 0.6 is 0 Å². The standard InChI is InChI=1S/C13H13F3N2O.C7H7NO/c1-4-12(2,3)18-11(19)9-6-5-8(7-10(9)17)13(14,15)16;8-7(9)6-4-2-1-3-5-6/h1,5-7H,17H2,2-3H3,(H,18,19);1-5H,(H2,8,9). The number of terminal acetylenes is 1. The van der Waals surface area contributed by atoms with Crippen molar-refractivity contribution in [2.75, 3.05) is 5.73 Å². The van der Waals surface area contributed by atoms with Crippen LogP contribution in [0.25, 0.3) is 0 Å². The summed E-state index contributed by atoms with van der Waals surface area (Å²) >= 11 is 0. The molecular formula is C20H20F3N3O2. The molecule has 0 saturated heterocycles. The molecule has 148 valence electrons. The Morgan fingerprint density at radius 1 is 1.07 bits per heavy atom. The van der Waals surface area contributed by atoms with Gasteiger partial charge in [0.2, 0.25) is 5.91 Å². The van der Waals surface area contributed by atoms with Crippen molar-refractivity contribution in [1.82, 2.24) is 5.32 Å². The van der Waals surface area contributed by atoms with Crippen molar-refractivity contribution in [3.05, 3.63) is 65.2 Å². The molecule has 0 heterocycles. The molecule has 2 rings (SSSR count). The number of amides is 2. The topological polar surface area (TPSA) is 98.2 Å². The van der Waals surface area contributed by atoms with E-state index < -0.39 is 23.2 Å². The molecule has 0 radical (unpaired) electrons. The lowest BCUT2D eigenvalue weighted by atomic mass is 10.0. The van der Waals surface area contributed by atoms with Gasteiger partial charge in [-0.15, -0.1) is 6.42 Å². The van der Waals surface area contributed by atoms with Crippen LogP contribution in [0.2, 0.25) is 0 Å². The van der Waals surface area contributed by atoms with Crippen LogP contribution in [0, 0.1) is 12.3 Å². The zero-order valence-electron chi connectivity index (χ0n) is 15.3. The SMILES string of the molecule is C#CC(C)(C)NC(=O)c1ccc(C(F)(F)F)cc1N.NC(=O)c1ccccc1. The molecule has 0 aliphatic rings. The monoisotopic (exact) mass is 391 g/mol. The number of alkyl halides is 3. The normalized spacial score (nSPS) is 10.9. The molecule has 0 bridgehead atoms.